The van der Waals surface area contributed by atoms with E-state index in [-0.39, 0.29) is 5.91 Å². The van der Waals surface area contributed by atoms with Crippen molar-refractivity contribution < 1.29 is 4.79 Å². The fourth-order valence-electron chi connectivity index (χ4n) is 2.24. The van der Waals surface area contributed by atoms with Gasteiger partial charge in [-0.15, -0.1) is 0 Å². The van der Waals surface area contributed by atoms with E-state index in [9.17, 15) is 4.79 Å². The fraction of sp³-hybridized carbons (Fsp3) is 0.0625. The molecule has 0 aliphatic carbocycles. The van der Waals surface area contributed by atoms with Crippen LogP contribution in [0.2, 0.25) is 0 Å². The van der Waals surface area contributed by atoms with E-state index in [4.69, 9.17) is 0 Å². The van der Waals surface area contributed by atoms with Crippen molar-refractivity contribution >= 4 is 54.4 Å². The summed E-state index contributed by atoms with van der Waals surface area (Å²) in [6, 6.07) is 13.6. The molecule has 1 amide bonds. The van der Waals surface area contributed by atoms with Crippen molar-refractivity contribution in [2.45, 2.75) is 6.42 Å². The highest BCUT2D eigenvalue weighted by Crippen LogP contribution is 2.26. The number of anilines is 1. The predicted molar refractivity (Wildman–Crippen MR) is 92.5 cm³/mol. The Hall–Kier alpha value is -1.59. The van der Waals surface area contributed by atoms with Crippen molar-refractivity contribution in [2.75, 3.05) is 5.32 Å². The molecule has 3 aromatic rings. The molecule has 1 aromatic heterocycles. The minimum absolute atomic E-state index is 0.0430. The van der Waals surface area contributed by atoms with Gasteiger partial charge < -0.3 is 10.3 Å². The van der Waals surface area contributed by atoms with Crippen molar-refractivity contribution in [3.05, 3.63) is 63.2 Å². The van der Waals surface area contributed by atoms with Gasteiger partial charge >= 0.3 is 0 Å². The highest BCUT2D eigenvalue weighted by Gasteiger charge is 2.10. The summed E-state index contributed by atoms with van der Waals surface area (Å²) < 4.78 is 1.78. The number of fused-ring (bicyclic) bond motifs is 1. The van der Waals surface area contributed by atoms with Crippen LogP contribution in [-0.4, -0.2) is 10.9 Å². The van der Waals surface area contributed by atoms with Crippen molar-refractivity contribution in [1.82, 2.24) is 4.98 Å². The average molecular weight is 408 g/mol. The van der Waals surface area contributed by atoms with Crippen LogP contribution in [-0.2, 0) is 11.2 Å². The first-order valence-corrected chi connectivity index (χ1v) is 8.02. The number of rotatable bonds is 3. The van der Waals surface area contributed by atoms with E-state index in [0.29, 0.717) is 6.42 Å². The second kappa shape index (κ2) is 6.03. The zero-order chi connectivity index (χ0) is 14.8. The number of amides is 1. The van der Waals surface area contributed by atoms with Crippen molar-refractivity contribution in [3.8, 4) is 0 Å². The Balaban J connectivity index is 1.79. The topological polar surface area (TPSA) is 44.9 Å². The molecule has 5 heteroatoms. The number of H-pyrrole nitrogens is 1. The normalized spacial score (nSPS) is 10.8. The van der Waals surface area contributed by atoms with Crippen LogP contribution < -0.4 is 5.32 Å². The van der Waals surface area contributed by atoms with E-state index in [0.717, 1.165) is 31.1 Å². The third-order valence-electron chi connectivity index (χ3n) is 3.23. The van der Waals surface area contributed by atoms with Crippen LogP contribution in [0.1, 0.15) is 5.56 Å². The third-order valence-corrected chi connectivity index (χ3v) is 4.41. The number of hydrogen-bond donors (Lipinski definition) is 2. The SMILES string of the molecule is O=C(Cc1c[nH]c2ccccc12)Nc1cc(Br)ccc1Br. The molecule has 3 rings (SSSR count). The number of aromatic amines is 1. The Morgan fingerprint density at radius 3 is 2.81 bits per heavy atom. The number of carbonyl (C=O) groups excluding carboxylic acids is 1. The van der Waals surface area contributed by atoms with Gasteiger partial charge in [0.05, 0.1) is 12.1 Å². The lowest BCUT2D eigenvalue weighted by Gasteiger charge is -2.07. The fourth-order valence-corrected chi connectivity index (χ4v) is 2.95. The third kappa shape index (κ3) is 3.19. The molecule has 0 saturated carbocycles. The zero-order valence-corrected chi connectivity index (χ0v) is 14.2. The Bertz CT molecular complexity index is 811. The summed E-state index contributed by atoms with van der Waals surface area (Å²) in [5.74, 6) is -0.0430. The molecule has 0 radical (unpaired) electrons. The molecule has 1 heterocycles. The van der Waals surface area contributed by atoms with Gasteiger partial charge in [0, 0.05) is 26.0 Å². The van der Waals surface area contributed by atoms with Crippen LogP contribution in [0.15, 0.2) is 57.6 Å². The molecular formula is C16H12Br2N2O. The van der Waals surface area contributed by atoms with Crippen LogP contribution in [0.5, 0.6) is 0 Å². The monoisotopic (exact) mass is 406 g/mol. The standard InChI is InChI=1S/C16H12Br2N2O/c17-11-5-6-13(18)15(8-11)20-16(21)7-10-9-19-14-4-2-1-3-12(10)14/h1-6,8-9,19H,7H2,(H,20,21). The summed E-state index contributed by atoms with van der Waals surface area (Å²) >= 11 is 6.84. The lowest BCUT2D eigenvalue weighted by molar-refractivity contribution is -0.115. The highest BCUT2D eigenvalue weighted by atomic mass is 79.9. The molecule has 3 nitrogen and oxygen atoms in total. The van der Waals surface area contributed by atoms with Gasteiger partial charge in [-0.2, -0.15) is 0 Å². The molecule has 0 bridgehead atoms. The van der Waals surface area contributed by atoms with Crippen LogP contribution in [0.4, 0.5) is 5.69 Å². The summed E-state index contributed by atoms with van der Waals surface area (Å²) in [4.78, 5) is 15.4. The molecule has 21 heavy (non-hydrogen) atoms. The molecule has 0 fully saturated rings. The number of halogens is 2. The van der Waals surface area contributed by atoms with Crippen molar-refractivity contribution in [1.29, 1.82) is 0 Å². The first kappa shape index (κ1) is 14.4. The number of carbonyl (C=O) groups is 1. The van der Waals surface area contributed by atoms with Crippen LogP contribution in [0.25, 0.3) is 10.9 Å². The predicted octanol–water partition coefficient (Wildman–Crippen LogP) is 4.87. The number of aromatic nitrogens is 1. The Morgan fingerprint density at radius 2 is 1.95 bits per heavy atom. The maximum Gasteiger partial charge on any atom is 0.228 e. The van der Waals surface area contributed by atoms with Crippen LogP contribution >= 0.6 is 31.9 Å². The lowest BCUT2D eigenvalue weighted by atomic mass is 10.1. The molecule has 2 N–H and O–H groups in total. The van der Waals surface area contributed by atoms with Gasteiger partial charge in [-0.3, -0.25) is 4.79 Å². The van der Waals surface area contributed by atoms with E-state index in [2.05, 4.69) is 42.2 Å². The zero-order valence-electron chi connectivity index (χ0n) is 11.0. The molecule has 0 aliphatic heterocycles. The summed E-state index contributed by atoms with van der Waals surface area (Å²) in [6.07, 6.45) is 2.23. The Labute approximate surface area is 139 Å². The maximum atomic E-state index is 12.2. The first-order valence-electron chi connectivity index (χ1n) is 6.43. The minimum atomic E-state index is -0.0430. The van der Waals surface area contributed by atoms with E-state index in [1.807, 2.05) is 48.7 Å². The Kier molecular flexibility index (Phi) is 4.12. The minimum Gasteiger partial charge on any atom is -0.361 e. The highest BCUT2D eigenvalue weighted by molar-refractivity contribution is 9.11. The number of benzene rings is 2. The molecule has 0 unspecified atom stereocenters. The molecule has 0 atom stereocenters. The van der Waals surface area contributed by atoms with E-state index in [1.165, 1.54) is 0 Å². The van der Waals surface area contributed by atoms with Crippen molar-refractivity contribution in [3.63, 3.8) is 0 Å². The summed E-state index contributed by atoms with van der Waals surface area (Å²) in [5.41, 5.74) is 2.80. The maximum absolute atomic E-state index is 12.2. The van der Waals surface area contributed by atoms with Gasteiger partial charge in [0.15, 0.2) is 0 Å². The van der Waals surface area contributed by atoms with Crippen LogP contribution in [0.3, 0.4) is 0 Å². The second-order valence-corrected chi connectivity index (χ2v) is 6.48. The van der Waals surface area contributed by atoms with Crippen LogP contribution in [0, 0.1) is 0 Å². The van der Waals surface area contributed by atoms with Gasteiger partial charge in [-0.1, -0.05) is 34.1 Å². The van der Waals surface area contributed by atoms with E-state index >= 15 is 0 Å². The number of nitrogens with one attached hydrogen (secondary N) is 2. The van der Waals surface area contributed by atoms with Gasteiger partial charge in [-0.05, 0) is 45.8 Å². The molecule has 106 valence electrons. The quantitative estimate of drug-likeness (QED) is 0.638. The van der Waals surface area contributed by atoms with Gasteiger partial charge in [0.25, 0.3) is 0 Å². The molecule has 2 aromatic carbocycles. The first-order chi connectivity index (χ1) is 10.1. The molecule has 0 saturated heterocycles. The molecule has 0 aliphatic rings. The van der Waals surface area contributed by atoms with Crippen molar-refractivity contribution in [2.24, 2.45) is 0 Å². The lowest BCUT2D eigenvalue weighted by Crippen LogP contribution is -2.14. The van der Waals surface area contributed by atoms with Gasteiger partial charge in [0.2, 0.25) is 5.91 Å². The summed E-state index contributed by atoms with van der Waals surface area (Å²) in [5, 5.41) is 4.01. The molecular weight excluding hydrogens is 396 g/mol. The van der Waals surface area contributed by atoms with E-state index < -0.39 is 0 Å². The number of hydrogen-bond acceptors (Lipinski definition) is 1. The van der Waals surface area contributed by atoms with E-state index in [1.54, 1.807) is 0 Å². The second-order valence-electron chi connectivity index (χ2n) is 4.71. The smallest absolute Gasteiger partial charge is 0.228 e. The Morgan fingerprint density at radius 1 is 1.14 bits per heavy atom. The number of para-hydroxylation sites is 1. The summed E-state index contributed by atoms with van der Waals surface area (Å²) in [7, 11) is 0. The van der Waals surface area contributed by atoms with Gasteiger partial charge in [0.1, 0.15) is 0 Å². The summed E-state index contributed by atoms with van der Waals surface area (Å²) in [6.45, 7) is 0. The molecule has 0 spiro atoms. The van der Waals surface area contributed by atoms with Gasteiger partial charge in [-0.25, -0.2) is 0 Å². The average Bonchev–Trinajstić information content (AvgIpc) is 2.86. The largest absolute Gasteiger partial charge is 0.361 e.